The van der Waals surface area contributed by atoms with Gasteiger partial charge in [0.05, 0.1) is 6.54 Å². The van der Waals surface area contributed by atoms with E-state index in [4.69, 9.17) is 11.5 Å². The molecule has 4 N–H and O–H groups in total. The number of hydrogen-bond donors (Lipinski definition) is 2. The first-order chi connectivity index (χ1) is 8.85. The van der Waals surface area contributed by atoms with Crippen LogP contribution in [0.1, 0.15) is 30.7 Å². The van der Waals surface area contributed by atoms with Crippen molar-refractivity contribution in [3.63, 3.8) is 0 Å². The largest absolute Gasteiger partial charge is 0.368 e. The first kappa shape index (κ1) is 15.4. The van der Waals surface area contributed by atoms with Crippen LogP contribution in [0, 0.1) is 19.8 Å². The van der Waals surface area contributed by atoms with E-state index in [1.807, 2.05) is 24.8 Å². The zero-order chi connectivity index (χ0) is 14.6. The third-order valence-electron chi connectivity index (χ3n) is 2.89. The molecule has 0 unspecified atom stereocenters. The number of pyridine rings is 1. The standard InChI is InChI=1S/C14H24N4O/c1-9(2)7-18(8-13(16)19)14-12(6-15)10(3)5-11(4)17-14/h5,9H,6-8,15H2,1-4H3,(H2,16,19). The highest BCUT2D eigenvalue weighted by molar-refractivity contribution is 5.79. The minimum Gasteiger partial charge on any atom is -0.368 e. The van der Waals surface area contributed by atoms with Gasteiger partial charge in [-0.15, -0.1) is 0 Å². The second kappa shape index (κ2) is 6.52. The van der Waals surface area contributed by atoms with E-state index in [2.05, 4.69) is 18.8 Å². The highest BCUT2D eigenvalue weighted by atomic mass is 16.1. The molecule has 0 aliphatic heterocycles. The Balaban J connectivity index is 3.23. The molecular weight excluding hydrogens is 240 g/mol. The minimum absolute atomic E-state index is 0.168. The first-order valence-electron chi connectivity index (χ1n) is 6.55. The molecular formula is C14H24N4O. The van der Waals surface area contributed by atoms with Crippen LogP contribution < -0.4 is 16.4 Å². The molecule has 0 saturated heterocycles. The summed E-state index contributed by atoms with van der Waals surface area (Å²) in [6.07, 6.45) is 0. The van der Waals surface area contributed by atoms with Crippen LogP contribution in [-0.2, 0) is 11.3 Å². The van der Waals surface area contributed by atoms with Gasteiger partial charge in [-0.05, 0) is 31.4 Å². The molecule has 0 radical (unpaired) electrons. The van der Waals surface area contributed by atoms with Crippen LogP contribution in [0.3, 0.4) is 0 Å². The number of amides is 1. The second-order valence-electron chi connectivity index (χ2n) is 5.33. The quantitative estimate of drug-likeness (QED) is 0.806. The average Bonchev–Trinajstić information content (AvgIpc) is 2.25. The second-order valence-corrected chi connectivity index (χ2v) is 5.33. The first-order valence-corrected chi connectivity index (χ1v) is 6.55. The molecule has 0 aliphatic rings. The molecule has 1 heterocycles. The Hall–Kier alpha value is -1.62. The van der Waals surface area contributed by atoms with Gasteiger partial charge in [-0.25, -0.2) is 4.98 Å². The van der Waals surface area contributed by atoms with Crippen molar-refractivity contribution in [2.24, 2.45) is 17.4 Å². The number of nitrogens with zero attached hydrogens (tertiary/aromatic N) is 2. The van der Waals surface area contributed by atoms with Crippen LogP contribution in [-0.4, -0.2) is 24.0 Å². The summed E-state index contributed by atoms with van der Waals surface area (Å²) in [5.74, 6) is 0.838. The van der Waals surface area contributed by atoms with E-state index < -0.39 is 0 Å². The number of nitrogens with two attached hydrogens (primary N) is 2. The van der Waals surface area contributed by atoms with E-state index >= 15 is 0 Å². The van der Waals surface area contributed by atoms with Crippen LogP contribution in [0.5, 0.6) is 0 Å². The Labute approximate surface area is 115 Å². The minimum atomic E-state index is -0.357. The number of hydrogen-bond acceptors (Lipinski definition) is 4. The lowest BCUT2D eigenvalue weighted by Crippen LogP contribution is -2.37. The maximum absolute atomic E-state index is 11.3. The fraction of sp³-hybridized carbons (Fsp3) is 0.571. The summed E-state index contributed by atoms with van der Waals surface area (Å²) in [6.45, 7) is 9.44. The summed E-state index contributed by atoms with van der Waals surface area (Å²) in [5.41, 5.74) is 14.2. The van der Waals surface area contributed by atoms with E-state index in [9.17, 15) is 4.79 Å². The van der Waals surface area contributed by atoms with Gasteiger partial charge in [0.2, 0.25) is 5.91 Å². The summed E-state index contributed by atoms with van der Waals surface area (Å²) >= 11 is 0. The molecule has 1 amide bonds. The third kappa shape index (κ3) is 4.21. The van der Waals surface area contributed by atoms with Crippen LogP contribution in [0.2, 0.25) is 0 Å². The predicted octanol–water partition coefficient (Wildman–Crippen LogP) is 1.10. The molecule has 1 rings (SSSR count). The number of primary amides is 1. The third-order valence-corrected chi connectivity index (χ3v) is 2.89. The predicted molar refractivity (Wildman–Crippen MR) is 77.8 cm³/mol. The molecule has 0 bridgehead atoms. The van der Waals surface area contributed by atoms with Crippen molar-refractivity contribution in [3.05, 3.63) is 22.9 Å². The number of carbonyl (C=O) groups excluding carboxylic acids is 1. The summed E-state index contributed by atoms with van der Waals surface area (Å²) < 4.78 is 0. The Morgan fingerprint density at radius 3 is 2.53 bits per heavy atom. The van der Waals surface area contributed by atoms with Gasteiger partial charge in [0.1, 0.15) is 5.82 Å². The number of rotatable bonds is 6. The number of aromatic nitrogens is 1. The molecule has 0 atom stereocenters. The molecule has 1 aromatic rings. The summed E-state index contributed by atoms with van der Waals surface area (Å²) in [4.78, 5) is 17.7. The summed E-state index contributed by atoms with van der Waals surface area (Å²) in [6, 6.07) is 2.00. The Bertz CT molecular complexity index is 457. The average molecular weight is 264 g/mol. The van der Waals surface area contributed by atoms with Crippen molar-refractivity contribution in [1.29, 1.82) is 0 Å². The Kier molecular flexibility index (Phi) is 5.30. The van der Waals surface area contributed by atoms with Gasteiger partial charge in [0.15, 0.2) is 0 Å². The molecule has 106 valence electrons. The maximum Gasteiger partial charge on any atom is 0.236 e. The number of carbonyl (C=O) groups is 1. The normalized spacial score (nSPS) is 10.8. The highest BCUT2D eigenvalue weighted by Crippen LogP contribution is 2.23. The highest BCUT2D eigenvalue weighted by Gasteiger charge is 2.17. The molecule has 5 nitrogen and oxygen atoms in total. The van der Waals surface area contributed by atoms with Crippen molar-refractivity contribution >= 4 is 11.7 Å². The Morgan fingerprint density at radius 2 is 2.05 bits per heavy atom. The Morgan fingerprint density at radius 1 is 1.42 bits per heavy atom. The summed E-state index contributed by atoms with van der Waals surface area (Å²) in [7, 11) is 0. The van der Waals surface area contributed by atoms with E-state index in [0.717, 1.165) is 29.2 Å². The van der Waals surface area contributed by atoms with Gasteiger partial charge >= 0.3 is 0 Å². The molecule has 0 aliphatic carbocycles. The molecule has 0 fully saturated rings. The smallest absolute Gasteiger partial charge is 0.236 e. The van der Waals surface area contributed by atoms with Crippen LogP contribution >= 0.6 is 0 Å². The van der Waals surface area contributed by atoms with Crippen molar-refractivity contribution in [2.75, 3.05) is 18.0 Å². The van der Waals surface area contributed by atoms with Crippen LogP contribution in [0.15, 0.2) is 6.07 Å². The van der Waals surface area contributed by atoms with Gasteiger partial charge in [-0.1, -0.05) is 13.8 Å². The molecule has 19 heavy (non-hydrogen) atoms. The van der Waals surface area contributed by atoms with E-state index in [0.29, 0.717) is 12.5 Å². The summed E-state index contributed by atoms with van der Waals surface area (Å²) in [5, 5.41) is 0. The van der Waals surface area contributed by atoms with Gasteiger partial charge in [0, 0.05) is 24.3 Å². The van der Waals surface area contributed by atoms with Crippen molar-refractivity contribution < 1.29 is 4.79 Å². The fourth-order valence-corrected chi connectivity index (χ4v) is 2.21. The maximum atomic E-state index is 11.3. The SMILES string of the molecule is Cc1cc(C)c(CN)c(N(CC(N)=O)CC(C)C)n1. The van der Waals surface area contributed by atoms with Gasteiger partial charge in [-0.3, -0.25) is 4.79 Å². The van der Waals surface area contributed by atoms with Gasteiger partial charge in [-0.2, -0.15) is 0 Å². The van der Waals surface area contributed by atoms with Crippen LogP contribution in [0.25, 0.3) is 0 Å². The van der Waals surface area contributed by atoms with Gasteiger partial charge < -0.3 is 16.4 Å². The zero-order valence-corrected chi connectivity index (χ0v) is 12.2. The molecule has 0 aromatic carbocycles. The molecule has 0 saturated carbocycles. The lowest BCUT2D eigenvalue weighted by atomic mass is 10.1. The molecule has 1 aromatic heterocycles. The fourth-order valence-electron chi connectivity index (χ4n) is 2.21. The number of anilines is 1. The topological polar surface area (TPSA) is 85.2 Å². The van der Waals surface area contributed by atoms with E-state index in [1.54, 1.807) is 0 Å². The van der Waals surface area contributed by atoms with Gasteiger partial charge in [0.25, 0.3) is 0 Å². The van der Waals surface area contributed by atoms with E-state index in [1.165, 1.54) is 0 Å². The molecule has 0 spiro atoms. The van der Waals surface area contributed by atoms with Crippen molar-refractivity contribution in [1.82, 2.24) is 4.98 Å². The molecule has 5 heteroatoms. The van der Waals surface area contributed by atoms with Crippen LogP contribution in [0.4, 0.5) is 5.82 Å². The lowest BCUT2D eigenvalue weighted by molar-refractivity contribution is -0.116. The van der Waals surface area contributed by atoms with Crippen molar-refractivity contribution in [2.45, 2.75) is 34.2 Å². The monoisotopic (exact) mass is 264 g/mol. The lowest BCUT2D eigenvalue weighted by Gasteiger charge is -2.27. The van der Waals surface area contributed by atoms with E-state index in [-0.39, 0.29) is 12.5 Å². The zero-order valence-electron chi connectivity index (χ0n) is 12.2. The number of aryl methyl sites for hydroxylation is 2. The van der Waals surface area contributed by atoms with Crippen molar-refractivity contribution in [3.8, 4) is 0 Å².